The van der Waals surface area contributed by atoms with Gasteiger partial charge in [-0.15, -0.1) is 0 Å². The fourth-order valence-electron chi connectivity index (χ4n) is 2.02. The third-order valence-electron chi connectivity index (χ3n) is 2.96. The Hall–Kier alpha value is -2.24. The predicted octanol–water partition coefficient (Wildman–Crippen LogP) is 3.14. The Morgan fingerprint density at radius 1 is 1.05 bits per heavy atom. The molecule has 0 amide bonds. The topological polar surface area (TPSA) is 21.3 Å². The zero-order valence-corrected chi connectivity index (χ0v) is 11.9. The largest absolute Gasteiger partial charge is 0.480 e. The first-order valence-corrected chi connectivity index (χ1v) is 6.71. The molecule has 20 heavy (non-hydrogen) atoms. The number of hydrogen-bond acceptors (Lipinski definition) is 2. The molecule has 0 atom stereocenters. The molecule has 2 heteroatoms. The monoisotopic (exact) mass is 265 g/mol. The van der Waals surface area contributed by atoms with Crippen LogP contribution in [0.4, 0.5) is 0 Å². The molecular weight excluding hydrogens is 246 g/mol. The molecule has 2 aromatic carbocycles. The molecule has 2 rings (SSSR count). The zero-order valence-electron chi connectivity index (χ0n) is 11.9. The molecule has 0 aromatic heterocycles. The van der Waals surface area contributed by atoms with E-state index in [9.17, 15) is 0 Å². The normalized spacial score (nSPS) is 9.70. The van der Waals surface area contributed by atoms with Crippen LogP contribution in [-0.4, -0.2) is 13.7 Å². The van der Waals surface area contributed by atoms with E-state index in [1.807, 2.05) is 43.4 Å². The van der Waals surface area contributed by atoms with Gasteiger partial charge in [0.2, 0.25) is 0 Å². The third-order valence-corrected chi connectivity index (χ3v) is 2.96. The zero-order chi connectivity index (χ0) is 14.2. The number of hydrogen-bond donors (Lipinski definition) is 1. The van der Waals surface area contributed by atoms with Gasteiger partial charge in [0.05, 0.1) is 0 Å². The fourth-order valence-corrected chi connectivity index (χ4v) is 2.02. The second-order valence-corrected chi connectivity index (χ2v) is 4.55. The van der Waals surface area contributed by atoms with Crippen LogP contribution in [0.1, 0.15) is 16.7 Å². The number of para-hydroxylation sites is 1. The Morgan fingerprint density at radius 3 is 2.60 bits per heavy atom. The van der Waals surface area contributed by atoms with Crippen LogP contribution in [0.2, 0.25) is 0 Å². The van der Waals surface area contributed by atoms with Crippen molar-refractivity contribution in [1.82, 2.24) is 5.32 Å². The van der Waals surface area contributed by atoms with Crippen LogP contribution < -0.4 is 10.1 Å². The molecular formula is C18H19NO. The van der Waals surface area contributed by atoms with Crippen LogP contribution in [-0.2, 0) is 6.54 Å². The smallest absolute Gasteiger partial charge is 0.149 e. The highest BCUT2D eigenvalue weighted by atomic mass is 16.5. The number of aryl methyl sites for hydroxylation is 1. The molecule has 0 aliphatic carbocycles. The molecule has 102 valence electrons. The lowest BCUT2D eigenvalue weighted by molar-refractivity contribution is 0.362. The number of benzene rings is 2. The highest BCUT2D eigenvalue weighted by Gasteiger charge is 2.05. The summed E-state index contributed by atoms with van der Waals surface area (Å²) in [6, 6.07) is 16.1. The van der Waals surface area contributed by atoms with Crippen molar-refractivity contribution < 1.29 is 4.74 Å². The van der Waals surface area contributed by atoms with E-state index in [1.165, 1.54) is 0 Å². The predicted molar refractivity (Wildman–Crippen MR) is 82.8 cm³/mol. The van der Waals surface area contributed by atoms with Gasteiger partial charge in [0, 0.05) is 17.7 Å². The van der Waals surface area contributed by atoms with E-state index in [0.717, 1.165) is 29.0 Å². The van der Waals surface area contributed by atoms with E-state index >= 15 is 0 Å². The van der Waals surface area contributed by atoms with Crippen molar-refractivity contribution in [1.29, 1.82) is 0 Å². The summed E-state index contributed by atoms with van der Waals surface area (Å²) in [6.07, 6.45) is 0. The Morgan fingerprint density at radius 2 is 1.85 bits per heavy atom. The minimum Gasteiger partial charge on any atom is -0.480 e. The summed E-state index contributed by atoms with van der Waals surface area (Å²) in [4.78, 5) is 0. The Bertz CT molecular complexity index is 608. The van der Waals surface area contributed by atoms with E-state index in [4.69, 9.17) is 4.74 Å². The third kappa shape index (κ3) is 3.88. The molecule has 0 heterocycles. The van der Waals surface area contributed by atoms with Gasteiger partial charge in [0.25, 0.3) is 0 Å². The summed E-state index contributed by atoms with van der Waals surface area (Å²) in [6.45, 7) is 3.25. The number of ether oxygens (including phenoxy) is 1. The van der Waals surface area contributed by atoms with Crippen molar-refractivity contribution in [2.24, 2.45) is 0 Å². The highest BCUT2D eigenvalue weighted by molar-refractivity contribution is 5.41. The Balaban J connectivity index is 2.03. The molecule has 0 saturated carbocycles. The average Bonchev–Trinajstić information content (AvgIpc) is 2.47. The molecule has 0 unspecified atom stereocenters. The van der Waals surface area contributed by atoms with Crippen LogP contribution >= 0.6 is 0 Å². The molecule has 0 aliphatic heterocycles. The molecule has 0 radical (unpaired) electrons. The maximum atomic E-state index is 5.83. The summed E-state index contributed by atoms with van der Waals surface area (Å²) in [7, 11) is 1.93. The van der Waals surface area contributed by atoms with Gasteiger partial charge in [-0.05, 0) is 31.7 Å². The minimum atomic E-state index is 0.399. The summed E-state index contributed by atoms with van der Waals surface area (Å²) >= 11 is 0. The van der Waals surface area contributed by atoms with Gasteiger partial charge in [0.15, 0.2) is 0 Å². The molecule has 0 fully saturated rings. The van der Waals surface area contributed by atoms with E-state index < -0.39 is 0 Å². The van der Waals surface area contributed by atoms with Gasteiger partial charge in [-0.1, -0.05) is 48.2 Å². The average molecular weight is 265 g/mol. The maximum absolute atomic E-state index is 5.83. The van der Waals surface area contributed by atoms with Gasteiger partial charge < -0.3 is 10.1 Å². The first kappa shape index (κ1) is 14.2. The van der Waals surface area contributed by atoms with Crippen LogP contribution in [0.25, 0.3) is 0 Å². The van der Waals surface area contributed by atoms with E-state index in [0.29, 0.717) is 6.61 Å². The van der Waals surface area contributed by atoms with Gasteiger partial charge in [-0.25, -0.2) is 0 Å². The van der Waals surface area contributed by atoms with Crippen molar-refractivity contribution in [2.75, 3.05) is 13.7 Å². The van der Waals surface area contributed by atoms with Crippen molar-refractivity contribution in [3.63, 3.8) is 0 Å². The van der Waals surface area contributed by atoms with Crippen molar-refractivity contribution in [2.45, 2.75) is 13.5 Å². The molecule has 2 nitrogen and oxygen atoms in total. The standard InChI is InChI=1S/C18H19NO/c1-15-8-6-12-17(14-19-2)18(15)20-13-7-11-16-9-4-3-5-10-16/h3-6,8-10,12,19H,13-14H2,1-2H3. The van der Waals surface area contributed by atoms with E-state index in [1.54, 1.807) is 0 Å². The molecule has 2 aromatic rings. The van der Waals surface area contributed by atoms with Crippen LogP contribution in [0.3, 0.4) is 0 Å². The van der Waals surface area contributed by atoms with Crippen LogP contribution in [0, 0.1) is 18.8 Å². The molecule has 1 N–H and O–H groups in total. The second kappa shape index (κ2) is 7.37. The van der Waals surface area contributed by atoms with Gasteiger partial charge in [-0.2, -0.15) is 0 Å². The molecule has 0 spiro atoms. The van der Waals surface area contributed by atoms with Crippen molar-refractivity contribution >= 4 is 0 Å². The van der Waals surface area contributed by atoms with Crippen molar-refractivity contribution in [3.8, 4) is 17.6 Å². The lowest BCUT2D eigenvalue weighted by Gasteiger charge is -2.11. The summed E-state index contributed by atoms with van der Waals surface area (Å²) in [5.74, 6) is 7.08. The molecule has 0 bridgehead atoms. The second-order valence-electron chi connectivity index (χ2n) is 4.55. The summed E-state index contributed by atoms with van der Waals surface area (Å²) < 4.78 is 5.83. The Labute approximate surface area is 120 Å². The van der Waals surface area contributed by atoms with Gasteiger partial charge in [0.1, 0.15) is 12.4 Å². The first-order valence-electron chi connectivity index (χ1n) is 6.71. The minimum absolute atomic E-state index is 0.399. The van der Waals surface area contributed by atoms with E-state index in [-0.39, 0.29) is 0 Å². The highest BCUT2D eigenvalue weighted by Crippen LogP contribution is 2.23. The van der Waals surface area contributed by atoms with Crippen LogP contribution in [0.15, 0.2) is 48.5 Å². The number of nitrogens with one attached hydrogen (secondary N) is 1. The first-order chi connectivity index (χ1) is 9.81. The molecule has 0 aliphatic rings. The lowest BCUT2D eigenvalue weighted by atomic mass is 10.1. The van der Waals surface area contributed by atoms with Crippen molar-refractivity contribution in [3.05, 3.63) is 65.2 Å². The van der Waals surface area contributed by atoms with Crippen LogP contribution in [0.5, 0.6) is 5.75 Å². The summed E-state index contributed by atoms with van der Waals surface area (Å²) in [5, 5.41) is 3.15. The van der Waals surface area contributed by atoms with E-state index in [2.05, 4.69) is 36.2 Å². The Kier molecular flexibility index (Phi) is 5.23. The number of rotatable bonds is 4. The quantitative estimate of drug-likeness (QED) is 0.858. The fraction of sp³-hybridized carbons (Fsp3) is 0.222. The van der Waals surface area contributed by atoms with Gasteiger partial charge in [-0.3, -0.25) is 0 Å². The maximum Gasteiger partial charge on any atom is 0.149 e. The summed E-state index contributed by atoms with van der Waals surface area (Å²) in [5.41, 5.74) is 3.31. The molecule has 0 saturated heterocycles. The van der Waals surface area contributed by atoms with Gasteiger partial charge >= 0.3 is 0 Å². The lowest BCUT2D eigenvalue weighted by Crippen LogP contribution is -2.08. The SMILES string of the molecule is CNCc1cccc(C)c1OCC#Cc1ccccc1.